The fourth-order valence-electron chi connectivity index (χ4n) is 1.84. The van der Waals surface area contributed by atoms with Crippen LogP contribution in [0.25, 0.3) is 0 Å². The van der Waals surface area contributed by atoms with Gasteiger partial charge >= 0.3 is 0 Å². The predicted octanol–water partition coefficient (Wildman–Crippen LogP) is 1.60. The molecule has 0 saturated carbocycles. The van der Waals surface area contributed by atoms with Crippen LogP contribution < -0.4 is 0 Å². The van der Waals surface area contributed by atoms with Gasteiger partial charge < -0.3 is 14.6 Å². The van der Waals surface area contributed by atoms with Crippen molar-refractivity contribution in [3.8, 4) is 0 Å². The van der Waals surface area contributed by atoms with Gasteiger partial charge in [0.2, 0.25) is 0 Å². The molecule has 1 aliphatic rings. The Morgan fingerprint density at radius 2 is 2.12 bits per heavy atom. The van der Waals surface area contributed by atoms with E-state index >= 15 is 0 Å². The van der Waals surface area contributed by atoms with Gasteiger partial charge in [-0.3, -0.25) is 0 Å². The molecule has 1 heterocycles. The molecule has 0 bridgehead atoms. The molecule has 3 nitrogen and oxygen atoms in total. The highest BCUT2D eigenvalue weighted by atomic mass is 16.6. The minimum atomic E-state index is 0.0373. The van der Waals surface area contributed by atoms with E-state index in [1.165, 1.54) is 5.56 Å². The molecule has 1 aliphatic heterocycles. The van der Waals surface area contributed by atoms with Crippen LogP contribution >= 0.6 is 0 Å². The van der Waals surface area contributed by atoms with E-state index < -0.39 is 0 Å². The molecular weight excluding hydrogens is 204 g/mol. The Morgan fingerprint density at radius 1 is 1.38 bits per heavy atom. The van der Waals surface area contributed by atoms with Gasteiger partial charge in [-0.2, -0.15) is 0 Å². The third kappa shape index (κ3) is 3.04. The maximum Gasteiger partial charge on any atom is 0.108 e. The molecule has 16 heavy (non-hydrogen) atoms. The lowest BCUT2D eigenvalue weighted by Crippen LogP contribution is -2.15. The zero-order valence-electron chi connectivity index (χ0n) is 9.50. The van der Waals surface area contributed by atoms with Crippen LogP contribution in [0.2, 0.25) is 0 Å². The zero-order valence-corrected chi connectivity index (χ0v) is 9.50. The van der Waals surface area contributed by atoms with E-state index in [-0.39, 0.29) is 18.8 Å². The second kappa shape index (κ2) is 5.43. The second-order valence-corrected chi connectivity index (χ2v) is 4.30. The summed E-state index contributed by atoms with van der Waals surface area (Å²) in [7, 11) is 0. The fraction of sp³-hybridized carbons (Fsp3) is 0.538. The number of aliphatic hydroxyl groups excluding tert-OH is 1. The molecule has 0 unspecified atom stereocenters. The second-order valence-electron chi connectivity index (χ2n) is 4.30. The first-order valence-corrected chi connectivity index (χ1v) is 5.69. The maximum atomic E-state index is 8.86. The first kappa shape index (κ1) is 11.6. The fourth-order valence-corrected chi connectivity index (χ4v) is 1.84. The summed E-state index contributed by atoms with van der Waals surface area (Å²) in [6.07, 6.45) is 0.219. The van der Waals surface area contributed by atoms with E-state index in [4.69, 9.17) is 14.6 Å². The SMILES string of the molecule is C[C@H](COCc1ccccc1)[C@@H]1O[C@H]1CO. The Labute approximate surface area is 96.0 Å². The van der Waals surface area contributed by atoms with E-state index in [9.17, 15) is 0 Å². The topological polar surface area (TPSA) is 42.0 Å². The minimum Gasteiger partial charge on any atom is -0.394 e. The normalized spacial score (nSPS) is 25.4. The lowest BCUT2D eigenvalue weighted by atomic mass is 10.1. The van der Waals surface area contributed by atoms with E-state index in [1.807, 2.05) is 18.2 Å². The summed E-state index contributed by atoms with van der Waals surface area (Å²) in [6.45, 7) is 3.52. The summed E-state index contributed by atoms with van der Waals surface area (Å²) < 4.78 is 10.9. The number of rotatable bonds is 6. The summed E-state index contributed by atoms with van der Waals surface area (Å²) in [4.78, 5) is 0. The summed E-state index contributed by atoms with van der Waals surface area (Å²) in [6, 6.07) is 10.1. The van der Waals surface area contributed by atoms with Crippen molar-refractivity contribution in [1.29, 1.82) is 0 Å². The van der Waals surface area contributed by atoms with Gasteiger partial charge in [0.1, 0.15) is 6.10 Å². The first-order chi connectivity index (χ1) is 7.81. The molecule has 3 heteroatoms. The Bertz CT molecular complexity index is 312. The van der Waals surface area contributed by atoms with Gasteiger partial charge in [0.15, 0.2) is 0 Å². The highest BCUT2D eigenvalue weighted by Crippen LogP contribution is 2.29. The Morgan fingerprint density at radius 3 is 2.75 bits per heavy atom. The number of hydrogen-bond acceptors (Lipinski definition) is 3. The molecule has 0 spiro atoms. The van der Waals surface area contributed by atoms with Crippen molar-refractivity contribution in [3.05, 3.63) is 35.9 Å². The van der Waals surface area contributed by atoms with Gasteiger partial charge in [0.05, 0.1) is 25.9 Å². The van der Waals surface area contributed by atoms with Gasteiger partial charge in [0, 0.05) is 5.92 Å². The molecule has 1 N–H and O–H groups in total. The third-order valence-electron chi connectivity index (χ3n) is 2.85. The molecule has 3 atom stereocenters. The highest BCUT2D eigenvalue weighted by Gasteiger charge is 2.42. The van der Waals surface area contributed by atoms with Gasteiger partial charge in [-0.05, 0) is 5.56 Å². The maximum absolute atomic E-state index is 8.86. The van der Waals surface area contributed by atoms with Crippen LogP contribution in [0.15, 0.2) is 30.3 Å². The van der Waals surface area contributed by atoms with E-state index in [2.05, 4.69) is 19.1 Å². The van der Waals surface area contributed by atoms with Crippen molar-refractivity contribution in [1.82, 2.24) is 0 Å². The predicted molar refractivity (Wildman–Crippen MR) is 61.0 cm³/mol. The van der Waals surface area contributed by atoms with Crippen molar-refractivity contribution in [3.63, 3.8) is 0 Å². The van der Waals surface area contributed by atoms with Crippen LogP contribution in [0.5, 0.6) is 0 Å². The van der Waals surface area contributed by atoms with E-state index in [1.54, 1.807) is 0 Å². The number of hydrogen-bond donors (Lipinski definition) is 1. The smallest absolute Gasteiger partial charge is 0.108 e. The van der Waals surface area contributed by atoms with Crippen molar-refractivity contribution in [2.24, 2.45) is 5.92 Å². The minimum absolute atomic E-state index is 0.0373. The van der Waals surface area contributed by atoms with Crippen LogP contribution in [0.1, 0.15) is 12.5 Å². The summed E-state index contributed by atoms with van der Waals surface area (Å²) in [5.74, 6) is 0.348. The Balaban J connectivity index is 1.65. The van der Waals surface area contributed by atoms with Gasteiger partial charge in [-0.1, -0.05) is 37.3 Å². The van der Waals surface area contributed by atoms with Gasteiger partial charge in [0.25, 0.3) is 0 Å². The van der Waals surface area contributed by atoms with Crippen molar-refractivity contribution >= 4 is 0 Å². The van der Waals surface area contributed by atoms with Crippen LogP contribution in [0, 0.1) is 5.92 Å². The third-order valence-corrected chi connectivity index (χ3v) is 2.85. The van der Waals surface area contributed by atoms with E-state index in [0.717, 1.165) is 0 Å². The number of aliphatic hydroxyl groups is 1. The van der Waals surface area contributed by atoms with Crippen molar-refractivity contribution in [2.75, 3.05) is 13.2 Å². The molecule has 0 aromatic heterocycles. The summed E-state index contributed by atoms with van der Waals surface area (Å²) >= 11 is 0. The van der Waals surface area contributed by atoms with Gasteiger partial charge in [-0.25, -0.2) is 0 Å². The quantitative estimate of drug-likeness (QED) is 0.743. The van der Waals surface area contributed by atoms with Crippen molar-refractivity contribution in [2.45, 2.75) is 25.7 Å². The lowest BCUT2D eigenvalue weighted by Gasteiger charge is -2.09. The molecule has 1 fully saturated rings. The molecule has 2 rings (SSSR count). The first-order valence-electron chi connectivity index (χ1n) is 5.69. The number of benzene rings is 1. The highest BCUT2D eigenvalue weighted by molar-refractivity contribution is 5.13. The van der Waals surface area contributed by atoms with Crippen molar-refractivity contribution < 1.29 is 14.6 Å². The number of epoxide rings is 1. The molecule has 1 aromatic carbocycles. The molecule has 88 valence electrons. The average Bonchev–Trinajstić information content (AvgIpc) is 3.09. The summed E-state index contributed by atoms with van der Waals surface area (Å²) in [5, 5.41) is 8.86. The van der Waals surface area contributed by atoms with Crippen LogP contribution in [-0.2, 0) is 16.1 Å². The molecule has 0 aliphatic carbocycles. The Kier molecular flexibility index (Phi) is 3.93. The van der Waals surface area contributed by atoms with Gasteiger partial charge in [-0.15, -0.1) is 0 Å². The van der Waals surface area contributed by atoms with Crippen LogP contribution in [-0.4, -0.2) is 30.5 Å². The number of ether oxygens (including phenoxy) is 2. The zero-order chi connectivity index (χ0) is 11.4. The lowest BCUT2D eigenvalue weighted by molar-refractivity contribution is 0.0825. The van der Waals surface area contributed by atoms with Crippen LogP contribution in [0.4, 0.5) is 0 Å². The van der Waals surface area contributed by atoms with Crippen LogP contribution in [0.3, 0.4) is 0 Å². The largest absolute Gasteiger partial charge is 0.394 e. The molecule has 1 saturated heterocycles. The standard InChI is InChI=1S/C13H18O3/c1-10(13-12(7-14)16-13)8-15-9-11-5-3-2-4-6-11/h2-6,10,12-14H,7-9H2,1H3/t10-,12+,13+/m1/s1. The molecule has 1 aromatic rings. The van der Waals surface area contributed by atoms with E-state index in [0.29, 0.717) is 19.1 Å². The molecular formula is C13H18O3. The molecule has 0 amide bonds. The summed E-state index contributed by atoms with van der Waals surface area (Å²) in [5.41, 5.74) is 1.19. The monoisotopic (exact) mass is 222 g/mol. The average molecular weight is 222 g/mol. The Hall–Kier alpha value is -0.900. The molecule has 0 radical (unpaired) electrons.